The summed E-state index contributed by atoms with van der Waals surface area (Å²) < 4.78 is 0. The Labute approximate surface area is 95.0 Å². The van der Waals surface area contributed by atoms with Gasteiger partial charge >= 0.3 is 0 Å². The second-order valence-electron chi connectivity index (χ2n) is 3.43. The first-order valence-corrected chi connectivity index (χ1v) is 6.65. The van der Waals surface area contributed by atoms with Crippen LogP contribution < -0.4 is 5.32 Å². The van der Waals surface area contributed by atoms with Crippen LogP contribution in [0.15, 0.2) is 0 Å². The molecule has 0 aliphatic heterocycles. The fourth-order valence-electron chi connectivity index (χ4n) is 1.27. The number of aromatic nitrogens is 4. The largest absolute Gasteiger partial charge is 0.310 e. The van der Waals surface area contributed by atoms with Crippen LogP contribution in [0.5, 0.6) is 0 Å². The molecule has 0 unspecified atom stereocenters. The average Bonchev–Trinajstić information content (AvgIpc) is 2.63. The van der Waals surface area contributed by atoms with Crippen molar-refractivity contribution in [1.29, 1.82) is 0 Å². The van der Waals surface area contributed by atoms with Crippen LogP contribution in [0.2, 0.25) is 0 Å². The van der Waals surface area contributed by atoms with Crippen LogP contribution in [0.4, 0.5) is 0 Å². The lowest BCUT2D eigenvalue weighted by Gasteiger charge is -2.01. The highest BCUT2D eigenvalue weighted by Gasteiger charge is 1.98. The minimum Gasteiger partial charge on any atom is -0.310 e. The zero-order chi connectivity index (χ0) is 10.9. The van der Waals surface area contributed by atoms with E-state index in [0.717, 1.165) is 18.9 Å². The number of aryl methyl sites for hydroxylation is 1. The highest BCUT2D eigenvalue weighted by Crippen LogP contribution is 2.01. The average molecular weight is 229 g/mol. The molecule has 0 fully saturated rings. The summed E-state index contributed by atoms with van der Waals surface area (Å²) in [7, 11) is 1.78. The minimum absolute atomic E-state index is 0.719. The molecular formula is C9H19N5S. The quantitative estimate of drug-likeness (QED) is 0.669. The molecule has 0 atom stereocenters. The summed E-state index contributed by atoms with van der Waals surface area (Å²) in [4.78, 5) is 1.48. The zero-order valence-electron chi connectivity index (χ0n) is 9.44. The van der Waals surface area contributed by atoms with Crippen molar-refractivity contribution < 1.29 is 0 Å². The number of hydrogen-bond donors (Lipinski definition) is 1. The predicted molar refractivity (Wildman–Crippen MR) is 62.7 cm³/mol. The number of tetrazole rings is 1. The molecule has 86 valence electrons. The highest BCUT2D eigenvalue weighted by atomic mass is 32.2. The summed E-state index contributed by atoms with van der Waals surface area (Å²) in [5.41, 5.74) is 0. The molecule has 0 saturated carbocycles. The Kier molecular flexibility index (Phi) is 6.34. The van der Waals surface area contributed by atoms with Crippen molar-refractivity contribution in [3.8, 4) is 0 Å². The molecule has 0 radical (unpaired) electrons. The molecule has 6 heteroatoms. The summed E-state index contributed by atoms with van der Waals surface area (Å²) >= 11 is 1.91. The van der Waals surface area contributed by atoms with Gasteiger partial charge in [0, 0.05) is 0 Å². The molecule has 15 heavy (non-hydrogen) atoms. The summed E-state index contributed by atoms with van der Waals surface area (Å²) in [6.07, 6.45) is 5.98. The second-order valence-corrected chi connectivity index (χ2v) is 4.41. The van der Waals surface area contributed by atoms with Gasteiger partial charge < -0.3 is 5.32 Å². The molecule has 0 bridgehead atoms. The number of unbranched alkanes of at least 4 members (excludes halogenated alkanes) is 2. The maximum absolute atomic E-state index is 4.09. The molecule has 0 aliphatic rings. The van der Waals surface area contributed by atoms with Crippen molar-refractivity contribution in [2.24, 2.45) is 7.05 Å². The smallest absolute Gasteiger partial charge is 0.188 e. The van der Waals surface area contributed by atoms with E-state index in [1.165, 1.54) is 29.8 Å². The highest BCUT2D eigenvalue weighted by molar-refractivity contribution is 7.98. The zero-order valence-corrected chi connectivity index (χ0v) is 10.3. The van der Waals surface area contributed by atoms with Gasteiger partial charge in [0.2, 0.25) is 0 Å². The van der Waals surface area contributed by atoms with Gasteiger partial charge in [0.25, 0.3) is 0 Å². The summed E-state index contributed by atoms with van der Waals surface area (Å²) in [5, 5.41) is 15.1. The molecule has 1 heterocycles. The minimum atomic E-state index is 0.719. The number of rotatable bonds is 8. The fraction of sp³-hybridized carbons (Fsp3) is 0.889. The van der Waals surface area contributed by atoms with Crippen molar-refractivity contribution in [2.75, 3.05) is 18.6 Å². The van der Waals surface area contributed by atoms with Crippen LogP contribution in [-0.2, 0) is 13.6 Å². The van der Waals surface area contributed by atoms with Gasteiger partial charge in [0.1, 0.15) is 0 Å². The van der Waals surface area contributed by atoms with Crippen LogP contribution >= 0.6 is 11.8 Å². The van der Waals surface area contributed by atoms with Gasteiger partial charge in [-0.3, -0.25) is 0 Å². The van der Waals surface area contributed by atoms with Gasteiger partial charge in [-0.25, -0.2) is 0 Å². The Morgan fingerprint density at radius 3 is 2.87 bits per heavy atom. The Balaban J connectivity index is 1.93. The maximum Gasteiger partial charge on any atom is 0.188 e. The van der Waals surface area contributed by atoms with E-state index in [0.29, 0.717) is 0 Å². The number of hydrogen-bond acceptors (Lipinski definition) is 5. The van der Waals surface area contributed by atoms with E-state index < -0.39 is 0 Å². The lowest BCUT2D eigenvalue weighted by molar-refractivity contribution is 0.597. The van der Waals surface area contributed by atoms with E-state index in [2.05, 4.69) is 27.0 Å². The number of nitrogens with zero attached hydrogens (tertiary/aromatic N) is 4. The van der Waals surface area contributed by atoms with Gasteiger partial charge in [-0.1, -0.05) is 6.42 Å². The second kappa shape index (κ2) is 7.64. The van der Waals surface area contributed by atoms with Crippen LogP contribution in [0.25, 0.3) is 0 Å². The summed E-state index contributed by atoms with van der Waals surface area (Å²) in [6.45, 7) is 1.75. The standard InChI is InChI=1S/C9H19N5S/c1-14-12-9(11-13-14)8-10-6-4-3-5-7-15-2/h10H,3-8H2,1-2H3. The van der Waals surface area contributed by atoms with Crippen molar-refractivity contribution in [3.63, 3.8) is 0 Å². The van der Waals surface area contributed by atoms with E-state index in [9.17, 15) is 0 Å². The molecule has 1 aromatic heterocycles. The van der Waals surface area contributed by atoms with Gasteiger partial charge in [-0.15, -0.1) is 10.2 Å². The molecule has 1 N–H and O–H groups in total. The van der Waals surface area contributed by atoms with Crippen LogP contribution in [-0.4, -0.2) is 38.8 Å². The van der Waals surface area contributed by atoms with Crippen LogP contribution in [0.1, 0.15) is 25.1 Å². The third-order valence-corrected chi connectivity index (χ3v) is 2.73. The molecule has 0 aliphatic carbocycles. The first-order chi connectivity index (χ1) is 7.33. The fourth-order valence-corrected chi connectivity index (χ4v) is 1.76. The van der Waals surface area contributed by atoms with Gasteiger partial charge in [-0.05, 0) is 36.6 Å². The van der Waals surface area contributed by atoms with Crippen molar-refractivity contribution in [1.82, 2.24) is 25.5 Å². The number of nitrogens with one attached hydrogen (secondary N) is 1. The third-order valence-electron chi connectivity index (χ3n) is 2.03. The lowest BCUT2D eigenvalue weighted by Crippen LogP contribution is -2.15. The third kappa shape index (κ3) is 5.74. The Morgan fingerprint density at radius 1 is 1.33 bits per heavy atom. The van der Waals surface area contributed by atoms with E-state index in [1.54, 1.807) is 7.05 Å². The van der Waals surface area contributed by atoms with Crippen LogP contribution in [0, 0.1) is 0 Å². The van der Waals surface area contributed by atoms with Crippen molar-refractivity contribution in [2.45, 2.75) is 25.8 Å². The monoisotopic (exact) mass is 229 g/mol. The molecule has 0 spiro atoms. The molecule has 0 aromatic carbocycles. The summed E-state index contributed by atoms with van der Waals surface area (Å²) in [5.74, 6) is 2.03. The van der Waals surface area contributed by atoms with Gasteiger partial charge in [0.05, 0.1) is 13.6 Å². The van der Waals surface area contributed by atoms with Crippen molar-refractivity contribution in [3.05, 3.63) is 5.82 Å². The Hall–Kier alpha value is -0.620. The molecule has 0 amide bonds. The maximum atomic E-state index is 4.09. The molecule has 5 nitrogen and oxygen atoms in total. The number of thioether (sulfide) groups is 1. The van der Waals surface area contributed by atoms with Crippen LogP contribution in [0.3, 0.4) is 0 Å². The summed E-state index contributed by atoms with van der Waals surface area (Å²) in [6, 6.07) is 0. The van der Waals surface area contributed by atoms with E-state index >= 15 is 0 Å². The lowest BCUT2D eigenvalue weighted by atomic mass is 10.2. The topological polar surface area (TPSA) is 55.6 Å². The van der Waals surface area contributed by atoms with E-state index in [1.807, 2.05) is 11.8 Å². The SMILES string of the molecule is CSCCCCCNCc1nnn(C)n1. The molecule has 1 aromatic rings. The van der Waals surface area contributed by atoms with E-state index in [-0.39, 0.29) is 0 Å². The first kappa shape index (κ1) is 12.4. The normalized spacial score (nSPS) is 10.8. The molecule has 0 saturated heterocycles. The first-order valence-electron chi connectivity index (χ1n) is 5.25. The molecule has 1 rings (SSSR count). The molecular weight excluding hydrogens is 210 g/mol. The van der Waals surface area contributed by atoms with E-state index in [4.69, 9.17) is 0 Å². The van der Waals surface area contributed by atoms with Crippen molar-refractivity contribution >= 4 is 11.8 Å². The predicted octanol–water partition coefficient (Wildman–Crippen LogP) is 0.833. The van der Waals surface area contributed by atoms with Gasteiger partial charge in [0.15, 0.2) is 5.82 Å². The Bertz CT molecular complexity index is 263. The van der Waals surface area contributed by atoms with Gasteiger partial charge in [-0.2, -0.15) is 16.6 Å². The Morgan fingerprint density at radius 2 is 2.20 bits per heavy atom.